The van der Waals surface area contributed by atoms with E-state index in [1.54, 1.807) is 0 Å². The summed E-state index contributed by atoms with van der Waals surface area (Å²) in [5.41, 5.74) is 0. The van der Waals surface area contributed by atoms with E-state index in [0.717, 1.165) is 0 Å². The molecule has 0 rings (SSSR count). The fraction of sp³-hybridized carbons (Fsp3) is 0.833. The van der Waals surface area contributed by atoms with E-state index in [9.17, 15) is 0 Å². The Balaban J connectivity index is 3.51. The minimum absolute atomic E-state index is 0.245. The van der Waals surface area contributed by atoms with Gasteiger partial charge in [0.1, 0.15) is 0 Å². The van der Waals surface area contributed by atoms with E-state index in [0.29, 0.717) is 5.92 Å². The molecule has 1 atom stereocenters. The van der Waals surface area contributed by atoms with Crippen molar-refractivity contribution in [2.24, 2.45) is 5.92 Å². The Kier molecular flexibility index (Phi) is 3.44. The van der Waals surface area contributed by atoms with Crippen molar-refractivity contribution in [3.8, 4) is 0 Å². The minimum atomic E-state index is 0.245. The third-order valence-electron chi connectivity index (χ3n) is 1.23. The molecular weight excluding hydrogens is 100 g/mol. The Morgan fingerprint density at radius 1 is 1.50 bits per heavy atom. The molecule has 1 unspecified atom stereocenters. The van der Waals surface area contributed by atoms with E-state index in [1.807, 2.05) is 7.05 Å². The van der Waals surface area contributed by atoms with Crippen LogP contribution < -0.4 is 5.32 Å². The van der Waals surface area contributed by atoms with Crippen LogP contribution in [0.5, 0.6) is 0 Å². The van der Waals surface area contributed by atoms with Crippen molar-refractivity contribution in [3.05, 3.63) is 0 Å². The first-order chi connectivity index (χ1) is 3.72. The lowest BCUT2D eigenvalue weighted by molar-refractivity contribution is 0.529. The molecule has 0 aromatic carbocycles. The number of hydrogen-bond donors (Lipinski definition) is 2. The van der Waals surface area contributed by atoms with Gasteiger partial charge in [-0.05, 0) is 13.0 Å². The third kappa shape index (κ3) is 2.07. The largest absolute Gasteiger partial charge is 0.312 e. The second-order valence-electron chi connectivity index (χ2n) is 2.23. The van der Waals surface area contributed by atoms with Crippen molar-refractivity contribution in [2.45, 2.75) is 19.9 Å². The molecule has 0 aliphatic heterocycles. The minimum Gasteiger partial charge on any atom is -0.312 e. The standard InChI is InChI=1S/C6H14N2/c1-5(2)6(4-7)8-3/h4-8H,1-3H3. The molecule has 0 saturated carbocycles. The predicted octanol–water partition coefficient (Wildman–Crippen LogP) is 0.880. The highest BCUT2D eigenvalue weighted by atomic mass is 14.9. The van der Waals surface area contributed by atoms with Crippen LogP contribution in [0.1, 0.15) is 13.8 Å². The zero-order valence-electron chi connectivity index (χ0n) is 5.73. The van der Waals surface area contributed by atoms with Gasteiger partial charge in [0, 0.05) is 12.3 Å². The molecule has 2 N–H and O–H groups in total. The zero-order chi connectivity index (χ0) is 6.57. The molecule has 0 spiro atoms. The molecule has 2 heteroatoms. The molecule has 0 radical (unpaired) electrons. The van der Waals surface area contributed by atoms with E-state index < -0.39 is 0 Å². The molecule has 0 aliphatic rings. The van der Waals surface area contributed by atoms with Crippen LogP contribution in [0, 0.1) is 11.3 Å². The average molecular weight is 114 g/mol. The Bertz CT molecular complexity index is 68.9. The molecule has 48 valence electrons. The highest BCUT2D eigenvalue weighted by molar-refractivity contribution is 5.60. The lowest BCUT2D eigenvalue weighted by atomic mass is 10.1. The number of nitrogens with one attached hydrogen (secondary N) is 2. The Labute approximate surface area is 50.8 Å². The van der Waals surface area contributed by atoms with Crippen molar-refractivity contribution in [3.63, 3.8) is 0 Å². The summed E-state index contributed by atoms with van der Waals surface area (Å²) < 4.78 is 0. The SMILES string of the molecule is CNC(C=N)C(C)C. The molecule has 0 aromatic heterocycles. The molecular formula is C6H14N2. The van der Waals surface area contributed by atoms with Crippen LogP contribution in [0.25, 0.3) is 0 Å². The first-order valence-corrected chi connectivity index (χ1v) is 2.90. The van der Waals surface area contributed by atoms with Crippen molar-refractivity contribution < 1.29 is 0 Å². The van der Waals surface area contributed by atoms with E-state index in [4.69, 9.17) is 5.41 Å². The summed E-state index contributed by atoms with van der Waals surface area (Å²) in [5.74, 6) is 0.525. The van der Waals surface area contributed by atoms with Gasteiger partial charge in [-0.3, -0.25) is 0 Å². The lowest BCUT2D eigenvalue weighted by Gasteiger charge is -2.12. The summed E-state index contributed by atoms with van der Waals surface area (Å²) in [6, 6.07) is 0.245. The molecule has 8 heavy (non-hydrogen) atoms. The van der Waals surface area contributed by atoms with Crippen LogP contribution in [0.2, 0.25) is 0 Å². The lowest BCUT2D eigenvalue weighted by Crippen LogP contribution is -2.31. The van der Waals surface area contributed by atoms with Gasteiger partial charge in [-0.25, -0.2) is 0 Å². The van der Waals surface area contributed by atoms with Gasteiger partial charge in [-0.15, -0.1) is 0 Å². The van der Waals surface area contributed by atoms with Crippen LogP contribution in [-0.2, 0) is 0 Å². The monoisotopic (exact) mass is 114 g/mol. The van der Waals surface area contributed by atoms with Gasteiger partial charge < -0.3 is 10.7 Å². The van der Waals surface area contributed by atoms with Crippen molar-refractivity contribution >= 4 is 6.21 Å². The van der Waals surface area contributed by atoms with Crippen LogP contribution in [0.3, 0.4) is 0 Å². The highest BCUT2D eigenvalue weighted by Crippen LogP contribution is 1.95. The molecule has 0 fully saturated rings. The topological polar surface area (TPSA) is 35.9 Å². The van der Waals surface area contributed by atoms with Gasteiger partial charge in [-0.2, -0.15) is 0 Å². The second-order valence-corrected chi connectivity index (χ2v) is 2.23. The highest BCUT2D eigenvalue weighted by Gasteiger charge is 2.04. The summed E-state index contributed by atoms with van der Waals surface area (Å²) in [6.07, 6.45) is 1.44. The third-order valence-corrected chi connectivity index (χ3v) is 1.23. The van der Waals surface area contributed by atoms with Gasteiger partial charge >= 0.3 is 0 Å². The first-order valence-electron chi connectivity index (χ1n) is 2.90. The van der Waals surface area contributed by atoms with Gasteiger partial charge in [0.2, 0.25) is 0 Å². The Hall–Kier alpha value is -0.370. The van der Waals surface area contributed by atoms with Crippen molar-refractivity contribution in [1.82, 2.24) is 5.32 Å². The van der Waals surface area contributed by atoms with E-state index >= 15 is 0 Å². The van der Waals surface area contributed by atoms with Gasteiger partial charge in [0.05, 0.1) is 0 Å². The maximum Gasteiger partial charge on any atom is 0.0438 e. The maximum atomic E-state index is 6.90. The van der Waals surface area contributed by atoms with Crippen molar-refractivity contribution in [1.29, 1.82) is 5.41 Å². The summed E-state index contributed by atoms with van der Waals surface area (Å²) in [6.45, 7) is 4.18. The van der Waals surface area contributed by atoms with E-state index in [-0.39, 0.29) is 6.04 Å². The summed E-state index contributed by atoms with van der Waals surface area (Å²) >= 11 is 0. The van der Waals surface area contributed by atoms with E-state index in [2.05, 4.69) is 19.2 Å². The molecule has 0 aliphatic carbocycles. The number of rotatable bonds is 3. The predicted molar refractivity (Wildman–Crippen MR) is 36.5 cm³/mol. The second kappa shape index (κ2) is 3.61. The molecule has 2 nitrogen and oxygen atoms in total. The van der Waals surface area contributed by atoms with E-state index in [1.165, 1.54) is 6.21 Å². The number of hydrogen-bond acceptors (Lipinski definition) is 2. The molecule has 0 saturated heterocycles. The van der Waals surface area contributed by atoms with Crippen LogP contribution in [0.15, 0.2) is 0 Å². The molecule has 0 bridgehead atoms. The normalized spacial score (nSPS) is 14.0. The molecule has 0 aromatic rings. The first kappa shape index (κ1) is 7.63. The van der Waals surface area contributed by atoms with Crippen LogP contribution in [-0.4, -0.2) is 19.3 Å². The van der Waals surface area contributed by atoms with Crippen molar-refractivity contribution in [2.75, 3.05) is 7.05 Å². The summed E-state index contributed by atoms with van der Waals surface area (Å²) in [7, 11) is 1.87. The van der Waals surface area contributed by atoms with Gasteiger partial charge in [0.15, 0.2) is 0 Å². The molecule has 0 heterocycles. The van der Waals surface area contributed by atoms with Gasteiger partial charge in [0.25, 0.3) is 0 Å². The summed E-state index contributed by atoms with van der Waals surface area (Å²) in [5, 5.41) is 9.91. The van der Waals surface area contributed by atoms with Crippen LogP contribution >= 0.6 is 0 Å². The maximum absolute atomic E-state index is 6.90. The van der Waals surface area contributed by atoms with Gasteiger partial charge in [-0.1, -0.05) is 13.8 Å². The summed E-state index contributed by atoms with van der Waals surface area (Å²) in [4.78, 5) is 0. The average Bonchev–Trinajstić information content (AvgIpc) is 1.69. The Morgan fingerprint density at radius 2 is 2.00 bits per heavy atom. The van der Waals surface area contributed by atoms with Crippen LogP contribution in [0.4, 0.5) is 0 Å². The quantitative estimate of drug-likeness (QED) is 0.525. The molecule has 0 amide bonds. The fourth-order valence-corrected chi connectivity index (χ4v) is 0.609. The smallest absolute Gasteiger partial charge is 0.0438 e. The fourth-order valence-electron chi connectivity index (χ4n) is 0.609. The zero-order valence-corrected chi connectivity index (χ0v) is 5.73. The Morgan fingerprint density at radius 3 is 2.00 bits per heavy atom.